The molecule has 27 heavy (non-hydrogen) atoms. The molecular weight excluding hydrogens is 340 g/mol. The highest BCUT2D eigenvalue weighted by atomic mass is 16.5. The quantitative estimate of drug-likeness (QED) is 0.449. The number of esters is 1. The first-order chi connectivity index (χ1) is 13.0. The summed E-state index contributed by atoms with van der Waals surface area (Å²) >= 11 is 0. The van der Waals surface area contributed by atoms with E-state index in [1.54, 1.807) is 0 Å². The SMILES string of the molecule is COC(=O)CCC=C1C(C)[C@H]2[C@H](C#CC(O)C3CCCCC3)[C@@H](O)CC[C@@H]12. The van der Waals surface area contributed by atoms with Gasteiger partial charge in [0.25, 0.3) is 0 Å². The Morgan fingerprint density at radius 2 is 2.00 bits per heavy atom. The molecule has 3 fully saturated rings. The first-order valence-corrected chi connectivity index (χ1v) is 10.7. The maximum absolute atomic E-state index is 11.3. The van der Waals surface area contributed by atoms with Crippen LogP contribution in [-0.4, -0.2) is 35.5 Å². The van der Waals surface area contributed by atoms with Gasteiger partial charge in [-0.15, -0.1) is 0 Å². The highest BCUT2D eigenvalue weighted by Crippen LogP contribution is 2.55. The van der Waals surface area contributed by atoms with Gasteiger partial charge in [-0.1, -0.05) is 49.7 Å². The van der Waals surface area contributed by atoms with Gasteiger partial charge in [0.1, 0.15) is 6.10 Å². The summed E-state index contributed by atoms with van der Waals surface area (Å²) in [6.45, 7) is 2.20. The van der Waals surface area contributed by atoms with Crippen molar-refractivity contribution in [2.75, 3.05) is 7.11 Å². The van der Waals surface area contributed by atoms with Crippen LogP contribution in [0.25, 0.3) is 0 Å². The predicted molar refractivity (Wildman–Crippen MR) is 105 cm³/mol. The van der Waals surface area contributed by atoms with Crippen molar-refractivity contribution in [1.82, 2.24) is 0 Å². The highest BCUT2D eigenvalue weighted by molar-refractivity contribution is 5.69. The monoisotopic (exact) mass is 374 g/mol. The number of aliphatic hydroxyl groups is 2. The summed E-state index contributed by atoms with van der Waals surface area (Å²) in [5, 5.41) is 21.0. The number of ether oxygens (including phenoxy) is 1. The van der Waals surface area contributed by atoms with Crippen LogP contribution < -0.4 is 0 Å². The van der Waals surface area contributed by atoms with Crippen molar-refractivity contribution >= 4 is 5.97 Å². The second-order valence-electron chi connectivity index (χ2n) is 8.59. The number of hydrogen-bond donors (Lipinski definition) is 2. The molecule has 6 atom stereocenters. The Balaban J connectivity index is 1.63. The van der Waals surface area contributed by atoms with E-state index in [9.17, 15) is 15.0 Å². The Morgan fingerprint density at radius 3 is 2.70 bits per heavy atom. The molecule has 3 aliphatic carbocycles. The van der Waals surface area contributed by atoms with E-state index in [0.29, 0.717) is 30.1 Å². The summed E-state index contributed by atoms with van der Waals surface area (Å²) in [5.74, 6) is 7.68. The van der Waals surface area contributed by atoms with Gasteiger partial charge in [0.15, 0.2) is 0 Å². The molecule has 150 valence electrons. The van der Waals surface area contributed by atoms with Crippen LogP contribution in [0.2, 0.25) is 0 Å². The minimum atomic E-state index is -0.552. The van der Waals surface area contributed by atoms with Crippen molar-refractivity contribution in [3.63, 3.8) is 0 Å². The fourth-order valence-electron chi connectivity index (χ4n) is 5.46. The zero-order valence-electron chi connectivity index (χ0n) is 16.7. The largest absolute Gasteiger partial charge is 0.469 e. The van der Waals surface area contributed by atoms with Gasteiger partial charge in [0.05, 0.1) is 19.1 Å². The summed E-state index contributed by atoms with van der Waals surface area (Å²) in [5.41, 5.74) is 1.41. The van der Waals surface area contributed by atoms with E-state index in [4.69, 9.17) is 4.74 Å². The van der Waals surface area contributed by atoms with E-state index in [2.05, 4.69) is 24.8 Å². The number of hydrogen-bond acceptors (Lipinski definition) is 4. The topological polar surface area (TPSA) is 66.8 Å². The van der Waals surface area contributed by atoms with Crippen molar-refractivity contribution in [3.05, 3.63) is 11.6 Å². The third-order valence-corrected chi connectivity index (χ3v) is 7.05. The average molecular weight is 375 g/mol. The van der Waals surface area contributed by atoms with Gasteiger partial charge in [-0.05, 0) is 55.8 Å². The number of fused-ring (bicyclic) bond motifs is 1. The Bertz CT molecular complexity index is 608. The second-order valence-corrected chi connectivity index (χ2v) is 8.59. The number of allylic oxidation sites excluding steroid dienone is 2. The molecule has 3 rings (SSSR count). The van der Waals surface area contributed by atoms with Crippen molar-refractivity contribution in [2.45, 2.75) is 76.9 Å². The van der Waals surface area contributed by atoms with Gasteiger partial charge >= 0.3 is 5.97 Å². The third-order valence-electron chi connectivity index (χ3n) is 7.05. The van der Waals surface area contributed by atoms with E-state index < -0.39 is 12.2 Å². The Kier molecular flexibility index (Phi) is 7.00. The van der Waals surface area contributed by atoms with Gasteiger partial charge in [-0.2, -0.15) is 0 Å². The molecule has 0 aliphatic heterocycles. The van der Waals surface area contributed by atoms with Crippen molar-refractivity contribution in [1.29, 1.82) is 0 Å². The second kappa shape index (κ2) is 9.26. The van der Waals surface area contributed by atoms with Crippen LogP contribution in [0, 0.1) is 41.4 Å². The van der Waals surface area contributed by atoms with Gasteiger partial charge in [0, 0.05) is 6.42 Å². The lowest BCUT2D eigenvalue weighted by molar-refractivity contribution is -0.140. The molecule has 0 saturated heterocycles. The van der Waals surface area contributed by atoms with Crippen molar-refractivity contribution in [2.24, 2.45) is 29.6 Å². The molecule has 0 amide bonds. The van der Waals surface area contributed by atoms with Crippen molar-refractivity contribution < 1.29 is 19.7 Å². The first-order valence-electron chi connectivity index (χ1n) is 10.7. The maximum Gasteiger partial charge on any atom is 0.305 e. The predicted octanol–water partition coefficient (Wildman–Crippen LogP) is 3.46. The Hall–Kier alpha value is -1.31. The average Bonchev–Trinajstić information content (AvgIpc) is 2.70. The molecule has 0 heterocycles. The van der Waals surface area contributed by atoms with Gasteiger partial charge in [-0.3, -0.25) is 4.79 Å². The summed E-state index contributed by atoms with van der Waals surface area (Å²) in [6, 6.07) is 0. The number of methoxy groups -OCH3 is 1. The van der Waals surface area contributed by atoms with Crippen molar-refractivity contribution in [3.8, 4) is 11.8 Å². The molecule has 0 spiro atoms. The summed E-state index contributed by atoms with van der Waals surface area (Å²) in [7, 11) is 1.42. The molecule has 0 radical (unpaired) electrons. The van der Waals surface area contributed by atoms with Gasteiger partial charge in [-0.25, -0.2) is 0 Å². The van der Waals surface area contributed by atoms with E-state index in [1.807, 2.05) is 0 Å². The third kappa shape index (κ3) is 4.58. The van der Waals surface area contributed by atoms with Crippen LogP contribution in [0.1, 0.15) is 64.7 Å². The van der Waals surface area contributed by atoms with Crippen LogP contribution in [0.4, 0.5) is 0 Å². The molecule has 4 heteroatoms. The fourth-order valence-corrected chi connectivity index (χ4v) is 5.46. The zero-order chi connectivity index (χ0) is 19.4. The van der Waals surface area contributed by atoms with Crippen LogP contribution in [-0.2, 0) is 9.53 Å². The highest BCUT2D eigenvalue weighted by Gasteiger charge is 2.51. The minimum Gasteiger partial charge on any atom is -0.469 e. The number of rotatable bonds is 4. The molecule has 3 aliphatic rings. The molecule has 4 nitrogen and oxygen atoms in total. The lowest BCUT2D eigenvalue weighted by Gasteiger charge is -2.53. The summed E-state index contributed by atoms with van der Waals surface area (Å²) in [4.78, 5) is 11.3. The summed E-state index contributed by atoms with van der Waals surface area (Å²) < 4.78 is 4.71. The van der Waals surface area contributed by atoms with Crippen LogP contribution >= 0.6 is 0 Å². The van der Waals surface area contributed by atoms with E-state index in [0.717, 1.165) is 32.1 Å². The molecule has 0 aromatic heterocycles. The van der Waals surface area contributed by atoms with E-state index in [1.165, 1.54) is 31.9 Å². The lowest BCUT2D eigenvalue weighted by Crippen LogP contribution is -2.50. The van der Waals surface area contributed by atoms with Crippen LogP contribution in [0.3, 0.4) is 0 Å². The lowest BCUT2D eigenvalue weighted by atomic mass is 9.51. The molecule has 3 saturated carbocycles. The number of carbonyl (C=O) groups is 1. The van der Waals surface area contributed by atoms with E-state index >= 15 is 0 Å². The standard InChI is InChI=1S/C23H34O4/c1-15-17(9-6-10-22(26)27-2)18-11-14-21(25)19(23(15)18)12-13-20(24)16-7-4-3-5-8-16/h9,15-16,18-21,23-25H,3-8,10-11,14H2,1-2H3/t15?,18-,19+,20?,21-,23+/m0/s1. The maximum atomic E-state index is 11.3. The molecule has 0 aromatic rings. The first kappa shape index (κ1) is 20.4. The molecular formula is C23H34O4. The normalized spacial score (nSPS) is 36.1. The number of aliphatic hydroxyl groups excluding tert-OH is 2. The minimum absolute atomic E-state index is 0.0465. The van der Waals surface area contributed by atoms with Gasteiger partial charge in [0.2, 0.25) is 0 Å². The summed E-state index contributed by atoms with van der Waals surface area (Å²) in [6.07, 6.45) is 9.93. The smallest absolute Gasteiger partial charge is 0.305 e. The fraction of sp³-hybridized carbons (Fsp3) is 0.783. The van der Waals surface area contributed by atoms with E-state index in [-0.39, 0.29) is 11.9 Å². The van der Waals surface area contributed by atoms with Crippen LogP contribution in [0.5, 0.6) is 0 Å². The Morgan fingerprint density at radius 1 is 1.26 bits per heavy atom. The Labute approximate surface area is 163 Å². The molecule has 0 bridgehead atoms. The molecule has 2 unspecified atom stereocenters. The zero-order valence-corrected chi connectivity index (χ0v) is 16.7. The van der Waals surface area contributed by atoms with Gasteiger partial charge < -0.3 is 14.9 Å². The van der Waals surface area contributed by atoms with Crippen LogP contribution in [0.15, 0.2) is 11.6 Å². The molecule has 2 N–H and O–H groups in total. The molecule has 0 aromatic carbocycles. The number of carbonyl (C=O) groups excluding carboxylic acids is 1.